The van der Waals surface area contributed by atoms with Crippen LogP contribution in [0.3, 0.4) is 0 Å². The van der Waals surface area contributed by atoms with Crippen molar-refractivity contribution in [3.05, 3.63) is 50.6 Å². The Labute approximate surface area is 158 Å². The zero-order chi connectivity index (χ0) is 18.6. The zero-order valence-electron chi connectivity index (χ0n) is 13.2. The Morgan fingerprint density at radius 3 is 2.64 bits per heavy atom. The van der Waals surface area contributed by atoms with E-state index in [1.165, 1.54) is 34.4 Å². The molecule has 0 saturated heterocycles. The highest BCUT2D eigenvalue weighted by molar-refractivity contribution is 9.10. The van der Waals surface area contributed by atoms with E-state index in [2.05, 4.69) is 20.7 Å². The Balaban J connectivity index is 2.26. The zero-order valence-corrected chi connectivity index (χ0v) is 16.4. The van der Waals surface area contributed by atoms with Crippen LogP contribution >= 0.6 is 27.3 Å². The Morgan fingerprint density at radius 2 is 2.04 bits per heavy atom. The van der Waals surface area contributed by atoms with Gasteiger partial charge in [-0.2, -0.15) is 0 Å². The molecule has 1 aromatic heterocycles. The first-order valence-corrected chi connectivity index (χ1v) is 10.2. The number of carbonyl (C=O) groups is 2. The maximum absolute atomic E-state index is 12.6. The van der Waals surface area contributed by atoms with E-state index in [4.69, 9.17) is 5.73 Å². The SMILES string of the molecule is CN(Cc1cccs1)C(=O)c1cc(S(=O)(=O)NCC(N)=O)ccc1Br. The second-order valence-corrected chi connectivity index (χ2v) is 8.83. The van der Waals surface area contributed by atoms with Crippen LogP contribution in [0.5, 0.6) is 0 Å². The second-order valence-electron chi connectivity index (χ2n) is 5.17. The van der Waals surface area contributed by atoms with Crippen LogP contribution in [0.15, 0.2) is 45.1 Å². The molecular weight excluding hydrogens is 430 g/mol. The molecule has 25 heavy (non-hydrogen) atoms. The van der Waals surface area contributed by atoms with E-state index in [1.54, 1.807) is 7.05 Å². The lowest BCUT2D eigenvalue weighted by Gasteiger charge is -2.18. The Morgan fingerprint density at radius 1 is 1.32 bits per heavy atom. The van der Waals surface area contributed by atoms with E-state index in [0.717, 1.165) is 4.88 Å². The number of hydrogen-bond acceptors (Lipinski definition) is 5. The van der Waals surface area contributed by atoms with E-state index in [0.29, 0.717) is 11.0 Å². The molecule has 2 rings (SSSR count). The van der Waals surface area contributed by atoms with Crippen LogP contribution < -0.4 is 10.5 Å². The molecule has 3 N–H and O–H groups in total. The molecule has 2 amide bonds. The van der Waals surface area contributed by atoms with Gasteiger partial charge < -0.3 is 10.6 Å². The van der Waals surface area contributed by atoms with Crippen molar-refractivity contribution < 1.29 is 18.0 Å². The highest BCUT2D eigenvalue weighted by atomic mass is 79.9. The summed E-state index contributed by atoms with van der Waals surface area (Å²) in [6.07, 6.45) is 0. The molecule has 7 nitrogen and oxygen atoms in total. The van der Waals surface area contributed by atoms with Crippen LogP contribution in [-0.4, -0.2) is 38.7 Å². The predicted octanol–water partition coefficient (Wildman–Crippen LogP) is 1.55. The maximum atomic E-state index is 12.6. The van der Waals surface area contributed by atoms with Gasteiger partial charge in [0.05, 0.1) is 23.5 Å². The average molecular weight is 446 g/mol. The molecule has 0 atom stereocenters. The van der Waals surface area contributed by atoms with Crippen molar-refractivity contribution in [2.75, 3.05) is 13.6 Å². The van der Waals surface area contributed by atoms with Crippen molar-refractivity contribution in [3.8, 4) is 0 Å². The number of nitrogens with zero attached hydrogens (tertiary/aromatic N) is 1. The summed E-state index contributed by atoms with van der Waals surface area (Å²) in [6.45, 7) is -0.0974. The number of halogens is 1. The summed E-state index contributed by atoms with van der Waals surface area (Å²) in [4.78, 5) is 25.8. The first-order chi connectivity index (χ1) is 11.7. The van der Waals surface area contributed by atoms with E-state index >= 15 is 0 Å². The lowest BCUT2D eigenvalue weighted by molar-refractivity contribution is -0.116. The third kappa shape index (κ3) is 5.11. The molecule has 0 radical (unpaired) electrons. The molecule has 0 fully saturated rings. The first kappa shape index (κ1) is 19.6. The smallest absolute Gasteiger partial charge is 0.255 e. The van der Waals surface area contributed by atoms with Crippen molar-refractivity contribution in [2.45, 2.75) is 11.4 Å². The van der Waals surface area contributed by atoms with Gasteiger partial charge in [-0.15, -0.1) is 11.3 Å². The van der Waals surface area contributed by atoms with E-state index < -0.39 is 22.5 Å². The van der Waals surface area contributed by atoms with Crippen LogP contribution in [0.1, 0.15) is 15.2 Å². The molecule has 10 heteroatoms. The minimum atomic E-state index is -3.94. The van der Waals surface area contributed by atoms with Crippen LogP contribution in [0.4, 0.5) is 0 Å². The van der Waals surface area contributed by atoms with Crippen molar-refractivity contribution in [3.63, 3.8) is 0 Å². The molecule has 0 aliphatic rings. The van der Waals surface area contributed by atoms with Gasteiger partial charge in [-0.3, -0.25) is 9.59 Å². The minimum absolute atomic E-state index is 0.121. The molecule has 0 aliphatic heterocycles. The third-order valence-corrected chi connectivity index (χ3v) is 6.19. The molecule has 2 aromatic rings. The highest BCUT2D eigenvalue weighted by Crippen LogP contribution is 2.23. The number of hydrogen-bond donors (Lipinski definition) is 2. The molecule has 0 unspecified atom stereocenters. The Bertz CT molecular complexity index is 882. The number of sulfonamides is 1. The summed E-state index contributed by atoms with van der Waals surface area (Å²) in [6, 6.07) is 7.89. The molecule has 0 spiro atoms. The molecule has 0 bridgehead atoms. The number of rotatable bonds is 7. The second kappa shape index (κ2) is 8.09. The first-order valence-electron chi connectivity index (χ1n) is 7.06. The van der Waals surface area contributed by atoms with Gasteiger partial charge in [0.25, 0.3) is 5.91 Å². The van der Waals surface area contributed by atoms with E-state index in [-0.39, 0.29) is 16.4 Å². The number of carbonyl (C=O) groups excluding carboxylic acids is 2. The highest BCUT2D eigenvalue weighted by Gasteiger charge is 2.21. The van der Waals surface area contributed by atoms with Crippen LogP contribution in [0, 0.1) is 0 Å². The van der Waals surface area contributed by atoms with Crippen LogP contribution in [0.2, 0.25) is 0 Å². The average Bonchev–Trinajstić information content (AvgIpc) is 3.05. The topological polar surface area (TPSA) is 110 Å². The fourth-order valence-electron chi connectivity index (χ4n) is 2.00. The summed E-state index contributed by atoms with van der Waals surface area (Å²) in [5.41, 5.74) is 5.16. The fraction of sp³-hybridized carbons (Fsp3) is 0.200. The molecular formula is C15H16BrN3O4S2. The van der Waals surface area contributed by atoms with Crippen LogP contribution in [0.25, 0.3) is 0 Å². The summed E-state index contributed by atoms with van der Waals surface area (Å²) in [5, 5.41) is 1.92. The minimum Gasteiger partial charge on any atom is -0.369 e. The van der Waals surface area contributed by atoms with Gasteiger partial charge in [0, 0.05) is 16.4 Å². The Kier molecular flexibility index (Phi) is 6.33. The number of nitrogens with two attached hydrogens (primary N) is 1. The third-order valence-electron chi connectivity index (χ3n) is 3.23. The maximum Gasteiger partial charge on any atom is 0.255 e. The molecule has 1 aromatic carbocycles. The van der Waals surface area contributed by atoms with Gasteiger partial charge in [-0.05, 0) is 45.6 Å². The fourth-order valence-corrected chi connectivity index (χ4v) is 4.19. The number of amides is 2. The summed E-state index contributed by atoms with van der Waals surface area (Å²) in [5.74, 6) is -1.13. The van der Waals surface area contributed by atoms with E-state index in [1.807, 2.05) is 17.5 Å². The van der Waals surface area contributed by atoms with Gasteiger partial charge >= 0.3 is 0 Å². The van der Waals surface area contributed by atoms with Crippen LogP contribution in [-0.2, 0) is 21.4 Å². The number of thiophene rings is 1. The van der Waals surface area contributed by atoms with Crippen molar-refractivity contribution in [2.24, 2.45) is 5.73 Å². The van der Waals surface area contributed by atoms with E-state index in [9.17, 15) is 18.0 Å². The van der Waals surface area contributed by atoms with Gasteiger partial charge in [0.15, 0.2) is 0 Å². The van der Waals surface area contributed by atoms with Crippen molar-refractivity contribution >= 4 is 49.1 Å². The standard InChI is InChI=1S/C15H16BrN3O4S2/c1-19(9-10-3-2-6-24-10)15(21)12-7-11(4-5-13(12)16)25(22,23)18-8-14(17)20/h2-7,18H,8-9H2,1H3,(H2,17,20). The monoisotopic (exact) mass is 445 g/mol. The van der Waals surface area contributed by atoms with Gasteiger partial charge in [0.2, 0.25) is 15.9 Å². The van der Waals surface area contributed by atoms with Gasteiger partial charge in [-0.1, -0.05) is 6.07 Å². The summed E-state index contributed by atoms with van der Waals surface area (Å²) >= 11 is 4.80. The summed E-state index contributed by atoms with van der Waals surface area (Å²) < 4.78 is 26.9. The molecule has 1 heterocycles. The predicted molar refractivity (Wildman–Crippen MR) is 98.6 cm³/mol. The van der Waals surface area contributed by atoms with Crippen molar-refractivity contribution in [1.29, 1.82) is 0 Å². The normalized spacial score (nSPS) is 11.3. The lowest BCUT2D eigenvalue weighted by atomic mass is 10.2. The lowest BCUT2D eigenvalue weighted by Crippen LogP contribution is -2.33. The number of nitrogens with one attached hydrogen (secondary N) is 1. The number of primary amides is 1. The molecule has 0 aliphatic carbocycles. The molecule has 134 valence electrons. The van der Waals surface area contributed by atoms with Gasteiger partial charge in [0.1, 0.15) is 0 Å². The molecule has 0 saturated carbocycles. The van der Waals surface area contributed by atoms with Crippen molar-refractivity contribution in [1.82, 2.24) is 9.62 Å². The number of benzene rings is 1. The Hall–Kier alpha value is -1.75. The largest absolute Gasteiger partial charge is 0.369 e. The quantitative estimate of drug-likeness (QED) is 0.673. The summed E-state index contributed by atoms with van der Waals surface area (Å²) in [7, 11) is -2.30. The van der Waals surface area contributed by atoms with Gasteiger partial charge in [-0.25, -0.2) is 13.1 Å².